The molecule has 0 radical (unpaired) electrons. The van der Waals surface area contributed by atoms with Crippen LogP contribution in [0.2, 0.25) is 0 Å². The van der Waals surface area contributed by atoms with Gasteiger partial charge in [-0.15, -0.1) is 0 Å². The first-order valence-corrected chi connectivity index (χ1v) is 6.25. The molecule has 0 spiro atoms. The van der Waals surface area contributed by atoms with Gasteiger partial charge < -0.3 is 0 Å². The largest absolute Gasteiger partial charge is 0.295 e. The van der Waals surface area contributed by atoms with Gasteiger partial charge in [-0.3, -0.25) is 4.90 Å². The number of halogens is 1. The van der Waals surface area contributed by atoms with E-state index >= 15 is 0 Å². The van der Waals surface area contributed by atoms with Crippen LogP contribution in [0.1, 0.15) is 18.4 Å². The molecule has 0 bridgehead atoms. The molecule has 2 heteroatoms. The molecular formula is C14H18ClN. The molecule has 1 nitrogen and oxygen atoms in total. The van der Waals surface area contributed by atoms with Crippen LogP contribution in [0.3, 0.4) is 0 Å². The van der Waals surface area contributed by atoms with Crippen molar-refractivity contribution in [2.45, 2.75) is 25.3 Å². The predicted octanol–water partition coefficient (Wildman–Crippen LogP) is 3.45. The summed E-state index contributed by atoms with van der Waals surface area (Å²) in [5, 5.41) is 0.750. The minimum atomic E-state index is 0.637. The summed E-state index contributed by atoms with van der Waals surface area (Å²) >= 11 is 5.89. The summed E-state index contributed by atoms with van der Waals surface area (Å²) < 4.78 is 0. The smallest absolute Gasteiger partial charge is 0.0338 e. The molecule has 1 heterocycles. The van der Waals surface area contributed by atoms with Crippen molar-refractivity contribution in [3.63, 3.8) is 0 Å². The molecule has 1 saturated heterocycles. The van der Waals surface area contributed by atoms with E-state index in [0.29, 0.717) is 6.04 Å². The van der Waals surface area contributed by atoms with Gasteiger partial charge in [-0.05, 0) is 31.4 Å². The second kappa shape index (κ2) is 5.51. The lowest BCUT2D eigenvalue weighted by molar-refractivity contribution is 0.277. The zero-order valence-electron chi connectivity index (χ0n) is 9.53. The van der Waals surface area contributed by atoms with Crippen LogP contribution in [0.25, 0.3) is 0 Å². The van der Waals surface area contributed by atoms with Crippen LogP contribution in [-0.4, -0.2) is 24.0 Å². The number of nitrogens with zero attached hydrogens (tertiary/aromatic N) is 1. The fourth-order valence-corrected chi connectivity index (χ4v) is 2.59. The molecule has 1 aromatic rings. The lowest BCUT2D eigenvalue weighted by Crippen LogP contribution is -2.32. The van der Waals surface area contributed by atoms with E-state index in [2.05, 4.69) is 41.8 Å². The Balaban J connectivity index is 1.96. The molecule has 1 fully saturated rings. The first-order chi connectivity index (χ1) is 7.75. The molecule has 0 aliphatic carbocycles. The molecule has 1 unspecified atom stereocenters. The molecule has 1 aliphatic heterocycles. The van der Waals surface area contributed by atoms with Crippen molar-refractivity contribution in [2.24, 2.45) is 0 Å². The van der Waals surface area contributed by atoms with Crippen molar-refractivity contribution in [2.75, 3.05) is 13.1 Å². The summed E-state index contributed by atoms with van der Waals surface area (Å²) in [6.07, 6.45) is 3.69. The second-order valence-corrected chi connectivity index (χ2v) is 5.01. The molecule has 0 amide bonds. The summed E-state index contributed by atoms with van der Waals surface area (Å²) in [7, 11) is 0. The van der Waals surface area contributed by atoms with Gasteiger partial charge in [-0.1, -0.05) is 48.5 Å². The monoisotopic (exact) mass is 235 g/mol. The lowest BCUT2D eigenvalue weighted by Gasteiger charge is -2.23. The van der Waals surface area contributed by atoms with Gasteiger partial charge in [-0.2, -0.15) is 0 Å². The molecule has 0 N–H and O–H groups in total. The van der Waals surface area contributed by atoms with Crippen molar-refractivity contribution in [3.8, 4) is 0 Å². The van der Waals surface area contributed by atoms with Crippen molar-refractivity contribution < 1.29 is 0 Å². The summed E-state index contributed by atoms with van der Waals surface area (Å²) in [6.45, 7) is 5.77. The minimum absolute atomic E-state index is 0.637. The first kappa shape index (κ1) is 11.7. The Morgan fingerprint density at radius 3 is 2.81 bits per heavy atom. The molecule has 86 valence electrons. The predicted molar refractivity (Wildman–Crippen MR) is 69.7 cm³/mol. The van der Waals surface area contributed by atoms with Gasteiger partial charge in [0.1, 0.15) is 0 Å². The summed E-state index contributed by atoms with van der Waals surface area (Å²) in [6, 6.07) is 11.3. The Morgan fingerprint density at radius 2 is 2.12 bits per heavy atom. The zero-order valence-corrected chi connectivity index (χ0v) is 10.3. The highest BCUT2D eigenvalue weighted by Crippen LogP contribution is 2.22. The van der Waals surface area contributed by atoms with E-state index in [4.69, 9.17) is 11.6 Å². The van der Waals surface area contributed by atoms with E-state index in [0.717, 1.165) is 24.5 Å². The molecule has 0 saturated carbocycles. The Hall–Kier alpha value is -0.790. The average molecular weight is 236 g/mol. The Bertz CT molecular complexity index is 347. The van der Waals surface area contributed by atoms with Gasteiger partial charge in [0.15, 0.2) is 0 Å². The highest BCUT2D eigenvalue weighted by molar-refractivity contribution is 6.29. The van der Waals surface area contributed by atoms with Crippen LogP contribution in [-0.2, 0) is 6.42 Å². The van der Waals surface area contributed by atoms with Gasteiger partial charge in [0.2, 0.25) is 0 Å². The van der Waals surface area contributed by atoms with E-state index in [1.165, 1.54) is 18.4 Å². The van der Waals surface area contributed by atoms with Crippen LogP contribution >= 0.6 is 11.6 Å². The Morgan fingerprint density at radius 1 is 1.38 bits per heavy atom. The molecule has 0 aromatic heterocycles. The van der Waals surface area contributed by atoms with E-state index in [-0.39, 0.29) is 0 Å². The van der Waals surface area contributed by atoms with Crippen LogP contribution in [0.4, 0.5) is 0 Å². The van der Waals surface area contributed by atoms with Crippen molar-refractivity contribution >= 4 is 11.6 Å². The van der Waals surface area contributed by atoms with Gasteiger partial charge in [0, 0.05) is 17.6 Å². The molecule has 16 heavy (non-hydrogen) atoms. The molecule has 1 aromatic carbocycles. The number of benzene rings is 1. The van der Waals surface area contributed by atoms with E-state index in [9.17, 15) is 0 Å². The third-order valence-corrected chi connectivity index (χ3v) is 3.31. The van der Waals surface area contributed by atoms with Crippen LogP contribution < -0.4 is 0 Å². The number of hydrogen-bond donors (Lipinski definition) is 0. The van der Waals surface area contributed by atoms with Gasteiger partial charge >= 0.3 is 0 Å². The fraction of sp³-hybridized carbons (Fsp3) is 0.429. The maximum absolute atomic E-state index is 5.89. The average Bonchev–Trinajstić information content (AvgIpc) is 2.66. The fourth-order valence-electron chi connectivity index (χ4n) is 2.44. The van der Waals surface area contributed by atoms with Crippen LogP contribution in [0.5, 0.6) is 0 Å². The highest BCUT2D eigenvalue weighted by Gasteiger charge is 2.24. The summed E-state index contributed by atoms with van der Waals surface area (Å²) in [4.78, 5) is 2.45. The molecule has 1 aliphatic rings. The molecular weight excluding hydrogens is 218 g/mol. The highest BCUT2D eigenvalue weighted by atomic mass is 35.5. The molecule has 2 rings (SSSR count). The Labute approximate surface area is 103 Å². The number of likely N-dealkylation sites (tertiary alicyclic amines) is 1. The van der Waals surface area contributed by atoms with Crippen LogP contribution in [0.15, 0.2) is 41.9 Å². The standard InChI is InChI=1S/C14H18ClN/c1-12(15)11-16-9-5-8-14(16)10-13-6-3-2-4-7-13/h2-4,6-7,14H,1,5,8-11H2. The van der Waals surface area contributed by atoms with Crippen molar-refractivity contribution in [1.82, 2.24) is 4.90 Å². The van der Waals surface area contributed by atoms with Gasteiger partial charge in [-0.25, -0.2) is 0 Å². The Kier molecular flexibility index (Phi) is 4.03. The second-order valence-electron chi connectivity index (χ2n) is 4.47. The van der Waals surface area contributed by atoms with Crippen molar-refractivity contribution in [3.05, 3.63) is 47.5 Å². The summed E-state index contributed by atoms with van der Waals surface area (Å²) in [5.74, 6) is 0. The maximum atomic E-state index is 5.89. The van der Waals surface area contributed by atoms with Gasteiger partial charge in [0.25, 0.3) is 0 Å². The van der Waals surface area contributed by atoms with Gasteiger partial charge in [0.05, 0.1) is 0 Å². The van der Waals surface area contributed by atoms with E-state index in [1.807, 2.05) is 0 Å². The SMILES string of the molecule is C=C(Cl)CN1CCCC1Cc1ccccc1. The van der Waals surface area contributed by atoms with Crippen LogP contribution in [0, 0.1) is 0 Å². The number of hydrogen-bond acceptors (Lipinski definition) is 1. The topological polar surface area (TPSA) is 3.24 Å². The quantitative estimate of drug-likeness (QED) is 0.773. The minimum Gasteiger partial charge on any atom is -0.295 e. The zero-order chi connectivity index (χ0) is 11.4. The molecule has 1 atom stereocenters. The summed E-state index contributed by atoms with van der Waals surface area (Å²) in [5.41, 5.74) is 1.42. The van der Waals surface area contributed by atoms with Crippen molar-refractivity contribution in [1.29, 1.82) is 0 Å². The third kappa shape index (κ3) is 3.10. The number of rotatable bonds is 4. The van der Waals surface area contributed by atoms with E-state index < -0.39 is 0 Å². The lowest BCUT2D eigenvalue weighted by atomic mass is 10.0. The van der Waals surface area contributed by atoms with E-state index in [1.54, 1.807) is 0 Å². The third-order valence-electron chi connectivity index (χ3n) is 3.19. The maximum Gasteiger partial charge on any atom is 0.0338 e. The first-order valence-electron chi connectivity index (χ1n) is 5.87. The normalized spacial score (nSPS) is 21.2.